The van der Waals surface area contributed by atoms with Crippen molar-refractivity contribution in [2.45, 2.75) is 38.3 Å². The van der Waals surface area contributed by atoms with Crippen molar-refractivity contribution in [2.75, 3.05) is 0 Å². The predicted octanol–water partition coefficient (Wildman–Crippen LogP) is 2.54. The van der Waals surface area contributed by atoms with Crippen LogP contribution in [0.25, 0.3) is 10.6 Å². The maximum absolute atomic E-state index is 12.2. The van der Waals surface area contributed by atoms with Gasteiger partial charge in [0, 0.05) is 25.2 Å². The zero-order valence-electron chi connectivity index (χ0n) is 11.6. The summed E-state index contributed by atoms with van der Waals surface area (Å²) in [5.41, 5.74) is 1.68. The second-order valence-corrected chi connectivity index (χ2v) is 6.27. The van der Waals surface area contributed by atoms with Gasteiger partial charge in [0.2, 0.25) is 0 Å². The molecule has 2 heterocycles. The van der Waals surface area contributed by atoms with E-state index in [0.29, 0.717) is 12.6 Å². The zero-order valence-corrected chi connectivity index (χ0v) is 12.4. The Balaban J connectivity index is 1.83. The van der Waals surface area contributed by atoms with Gasteiger partial charge < -0.3 is 5.32 Å². The molecule has 5 heteroatoms. The highest BCUT2D eigenvalue weighted by Crippen LogP contribution is 2.22. The van der Waals surface area contributed by atoms with E-state index in [2.05, 4.69) is 10.4 Å². The van der Waals surface area contributed by atoms with Gasteiger partial charge in [-0.05, 0) is 30.4 Å². The molecule has 106 valence electrons. The molecule has 1 fully saturated rings. The summed E-state index contributed by atoms with van der Waals surface area (Å²) in [4.78, 5) is 13.3. The molecule has 0 aliphatic heterocycles. The molecule has 1 saturated carbocycles. The Kier molecular flexibility index (Phi) is 3.98. The van der Waals surface area contributed by atoms with Gasteiger partial charge in [0.05, 0.1) is 4.88 Å². The standard InChI is InChI=1S/C15H19N3OS/c1-18-15(19)11(10-16-12-5-2-3-6-12)9-13(17-18)14-7-4-8-20-14/h4,7-9,12,16H,2-3,5-6,10H2,1H3. The third-order valence-corrected chi connectivity index (χ3v) is 4.74. The number of hydrogen-bond acceptors (Lipinski definition) is 4. The van der Waals surface area contributed by atoms with Crippen LogP contribution in [0.3, 0.4) is 0 Å². The van der Waals surface area contributed by atoms with Crippen molar-refractivity contribution < 1.29 is 0 Å². The van der Waals surface area contributed by atoms with Gasteiger partial charge in [-0.25, -0.2) is 4.68 Å². The van der Waals surface area contributed by atoms with Gasteiger partial charge in [-0.3, -0.25) is 4.79 Å². The number of aryl methyl sites for hydroxylation is 1. The molecule has 4 nitrogen and oxygen atoms in total. The highest BCUT2D eigenvalue weighted by Gasteiger charge is 2.15. The Bertz CT molecular complexity index is 627. The molecule has 0 unspecified atom stereocenters. The van der Waals surface area contributed by atoms with Crippen LogP contribution in [-0.4, -0.2) is 15.8 Å². The summed E-state index contributed by atoms with van der Waals surface area (Å²) >= 11 is 1.64. The van der Waals surface area contributed by atoms with E-state index in [1.807, 2.05) is 23.6 Å². The average molecular weight is 289 g/mol. The summed E-state index contributed by atoms with van der Waals surface area (Å²) in [6.45, 7) is 0.637. The lowest BCUT2D eigenvalue weighted by Gasteiger charge is -2.12. The summed E-state index contributed by atoms with van der Waals surface area (Å²) < 4.78 is 1.45. The molecule has 1 aliphatic carbocycles. The summed E-state index contributed by atoms with van der Waals surface area (Å²) in [5, 5.41) is 9.87. The fraction of sp³-hybridized carbons (Fsp3) is 0.467. The third kappa shape index (κ3) is 2.83. The van der Waals surface area contributed by atoms with Crippen LogP contribution in [0.2, 0.25) is 0 Å². The van der Waals surface area contributed by atoms with Crippen LogP contribution in [0.5, 0.6) is 0 Å². The number of hydrogen-bond donors (Lipinski definition) is 1. The van der Waals surface area contributed by atoms with Gasteiger partial charge in [-0.2, -0.15) is 5.10 Å². The molecule has 0 saturated heterocycles. The molecule has 3 rings (SSSR count). The minimum atomic E-state index is -0.00389. The van der Waals surface area contributed by atoms with E-state index < -0.39 is 0 Å². The SMILES string of the molecule is Cn1nc(-c2cccs2)cc(CNC2CCCC2)c1=O. The van der Waals surface area contributed by atoms with Crippen molar-refractivity contribution in [3.8, 4) is 10.6 Å². The van der Waals surface area contributed by atoms with Crippen molar-refractivity contribution in [2.24, 2.45) is 7.05 Å². The summed E-state index contributed by atoms with van der Waals surface area (Å²) in [7, 11) is 1.72. The first kappa shape index (κ1) is 13.5. The van der Waals surface area contributed by atoms with E-state index >= 15 is 0 Å². The molecule has 1 N–H and O–H groups in total. The van der Waals surface area contributed by atoms with Crippen molar-refractivity contribution in [1.82, 2.24) is 15.1 Å². The van der Waals surface area contributed by atoms with Crippen molar-refractivity contribution in [3.63, 3.8) is 0 Å². The van der Waals surface area contributed by atoms with E-state index in [4.69, 9.17) is 0 Å². The molecule has 0 spiro atoms. The number of nitrogens with zero attached hydrogens (tertiary/aromatic N) is 2. The Morgan fingerprint density at radius 2 is 2.25 bits per heavy atom. The number of nitrogens with one attached hydrogen (secondary N) is 1. The van der Waals surface area contributed by atoms with Crippen LogP contribution in [-0.2, 0) is 13.6 Å². The smallest absolute Gasteiger partial charge is 0.271 e. The molecular weight excluding hydrogens is 270 g/mol. The molecule has 0 atom stereocenters. The molecule has 20 heavy (non-hydrogen) atoms. The number of rotatable bonds is 4. The minimum Gasteiger partial charge on any atom is -0.310 e. The Morgan fingerprint density at radius 3 is 2.95 bits per heavy atom. The summed E-state index contributed by atoms with van der Waals surface area (Å²) in [6.07, 6.45) is 5.05. The summed E-state index contributed by atoms with van der Waals surface area (Å²) in [6, 6.07) is 6.53. The molecule has 2 aromatic rings. The first-order valence-corrected chi connectivity index (χ1v) is 7.96. The van der Waals surface area contributed by atoms with Gasteiger partial charge in [0.1, 0.15) is 5.69 Å². The lowest BCUT2D eigenvalue weighted by atomic mass is 10.2. The van der Waals surface area contributed by atoms with Crippen LogP contribution >= 0.6 is 11.3 Å². The van der Waals surface area contributed by atoms with E-state index in [9.17, 15) is 4.79 Å². The van der Waals surface area contributed by atoms with E-state index in [1.54, 1.807) is 18.4 Å². The lowest BCUT2D eigenvalue weighted by Crippen LogP contribution is -2.31. The van der Waals surface area contributed by atoms with Gasteiger partial charge in [0.15, 0.2) is 0 Å². The van der Waals surface area contributed by atoms with Crippen LogP contribution in [0.4, 0.5) is 0 Å². The first-order valence-electron chi connectivity index (χ1n) is 7.08. The first-order chi connectivity index (χ1) is 9.74. The Labute approximate surface area is 122 Å². The normalized spacial score (nSPS) is 15.8. The van der Waals surface area contributed by atoms with Gasteiger partial charge in [-0.1, -0.05) is 18.9 Å². The molecule has 2 aromatic heterocycles. The van der Waals surface area contributed by atoms with Crippen LogP contribution in [0.1, 0.15) is 31.2 Å². The van der Waals surface area contributed by atoms with Crippen LogP contribution in [0.15, 0.2) is 28.4 Å². The lowest BCUT2D eigenvalue weighted by molar-refractivity contribution is 0.518. The minimum absolute atomic E-state index is 0.00389. The topological polar surface area (TPSA) is 46.9 Å². The van der Waals surface area contributed by atoms with Gasteiger partial charge in [-0.15, -0.1) is 11.3 Å². The largest absolute Gasteiger partial charge is 0.310 e. The molecule has 0 bridgehead atoms. The molecule has 0 radical (unpaired) electrons. The Hall–Kier alpha value is -1.46. The van der Waals surface area contributed by atoms with Crippen molar-refractivity contribution in [1.29, 1.82) is 0 Å². The van der Waals surface area contributed by atoms with Gasteiger partial charge in [0.25, 0.3) is 5.56 Å². The van der Waals surface area contributed by atoms with Crippen LogP contribution in [0, 0.1) is 0 Å². The molecule has 1 aliphatic rings. The zero-order chi connectivity index (χ0) is 13.9. The number of aromatic nitrogens is 2. The van der Waals surface area contributed by atoms with Gasteiger partial charge >= 0.3 is 0 Å². The fourth-order valence-electron chi connectivity index (χ4n) is 2.73. The Morgan fingerprint density at radius 1 is 1.45 bits per heavy atom. The van der Waals surface area contributed by atoms with Crippen molar-refractivity contribution in [3.05, 3.63) is 39.5 Å². The molecular formula is C15H19N3OS. The van der Waals surface area contributed by atoms with E-state index in [0.717, 1.165) is 16.1 Å². The number of thiophene rings is 1. The predicted molar refractivity (Wildman–Crippen MR) is 81.9 cm³/mol. The van der Waals surface area contributed by atoms with E-state index in [-0.39, 0.29) is 5.56 Å². The van der Waals surface area contributed by atoms with Crippen LogP contribution < -0.4 is 10.9 Å². The summed E-state index contributed by atoms with van der Waals surface area (Å²) in [5.74, 6) is 0. The maximum atomic E-state index is 12.2. The maximum Gasteiger partial charge on any atom is 0.271 e. The fourth-order valence-corrected chi connectivity index (χ4v) is 3.41. The van der Waals surface area contributed by atoms with Crippen molar-refractivity contribution >= 4 is 11.3 Å². The highest BCUT2D eigenvalue weighted by molar-refractivity contribution is 7.13. The third-order valence-electron chi connectivity index (χ3n) is 3.85. The monoisotopic (exact) mass is 289 g/mol. The second kappa shape index (κ2) is 5.89. The molecule has 0 amide bonds. The molecule has 0 aromatic carbocycles. The second-order valence-electron chi connectivity index (χ2n) is 5.32. The average Bonchev–Trinajstić information content (AvgIpc) is 3.12. The van der Waals surface area contributed by atoms with E-state index in [1.165, 1.54) is 30.4 Å². The quantitative estimate of drug-likeness (QED) is 0.941. The highest BCUT2D eigenvalue weighted by atomic mass is 32.1.